The van der Waals surface area contributed by atoms with E-state index in [4.69, 9.17) is 4.74 Å². The zero-order valence-electron chi connectivity index (χ0n) is 12.8. The molecule has 2 aromatic heterocycles. The maximum atomic E-state index is 13.5. The Balaban J connectivity index is 2.35. The number of alkyl halides is 3. The van der Waals surface area contributed by atoms with Crippen molar-refractivity contribution in [1.29, 1.82) is 0 Å². The lowest BCUT2D eigenvalue weighted by Crippen LogP contribution is -2.17. The number of Topliss-reactive ketones (excluding diaryl/α,β-unsaturated/α-hetero) is 1. The predicted molar refractivity (Wildman–Crippen MR) is 80.4 cm³/mol. The van der Waals surface area contributed by atoms with E-state index in [1.54, 1.807) is 18.2 Å². The van der Waals surface area contributed by atoms with Gasteiger partial charge in [-0.1, -0.05) is 6.07 Å². The summed E-state index contributed by atoms with van der Waals surface area (Å²) in [7, 11) is 1.43. The zero-order valence-corrected chi connectivity index (χ0v) is 12.8. The molecular formula is C16H12F3N3O2. The van der Waals surface area contributed by atoms with Crippen LogP contribution in [0.3, 0.4) is 0 Å². The number of carbonyl (C=O) groups is 1. The molecule has 0 unspecified atom stereocenters. The van der Waals surface area contributed by atoms with Gasteiger partial charge in [0.25, 0.3) is 0 Å². The van der Waals surface area contributed by atoms with Crippen LogP contribution in [0, 0.1) is 0 Å². The number of hydrogen-bond donors (Lipinski definition) is 0. The summed E-state index contributed by atoms with van der Waals surface area (Å²) in [6, 6.07) is 6.33. The van der Waals surface area contributed by atoms with Crippen molar-refractivity contribution in [1.82, 2.24) is 14.8 Å². The fourth-order valence-corrected chi connectivity index (χ4v) is 2.57. The van der Waals surface area contributed by atoms with Crippen LogP contribution in [0.15, 0.2) is 36.7 Å². The van der Waals surface area contributed by atoms with E-state index in [2.05, 4.69) is 10.1 Å². The number of hydrogen-bond acceptors (Lipinski definition) is 4. The Morgan fingerprint density at radius 1 is 1.21 bits per heavy atom. The predicted octanol–water partition coefficient (Wildman–Crippen LogP) is 3.65. The summed E-state index contributed by atoms with van der Waals surface area (Å²) in [5.41, 5.74) is -1.38. The Morgan fingerprint density at radius 2 is 1.96 bits per heavy atom. The van der Waals surface area contributed by atoms with Gasteiger partial charge in [0, 0.05) is 17.0 Å². The van der Waals surface area contributed by atoms with Gasteiger partial charge >= 0.3 is 6.18 Å². The maximum Gasteiger partial charge on any atom is 0.434 e. The molecule has 0 radical (unpaired) electrons. The van der Waals surface area contributed by atoms with Crippen molar-refractivity contribution in [3.8, 4) is 11.6 Å². The molecule has 0 saturated heterocycles. The smallest absolute Gasteiger partial charge is 0.434 e. The number of benzene rings is 1. The molecule has 3 aromatic rings. The summed E-state index contributed by atoms with van der Waals surface area (Å²) in [5.74, 6) is -0.407. The largest absolute Gasteiger partial charge is 0.481 e. The topological polar surface area (TPSA) is 57.0 Å². The molecule has 0 bridgehead atoms. The molecule has 0 aliphatic heterocycles. The maximum absolute atomic E-state index is 13.5. The number of ether oxygens (including phenoxy) is 1. The number of fused-ring (bicyclic) bond motifs is 1. The van der Waals surface area contributed by atoms with E-state index in [0.29, 0.717) is 16.7 Å². The molecule has 1 aromatic carbocycles. The van der Waals surface area contributed by atoms with Crippen molar-refractivity contribution >= 4 is 16.6 Å². The van der Waals surface area contributed by atoms with Gasteiger partial charge in [-0.25, -0.2) is 9.67 Å². The number of halogens is 3. The normalized spacial score (nSPS) is 11.7. The molecule has 0 amide bonds. The molecule has 8 heteroatoms. The molecule has 0 fully saturated rings. The Bertz CT molecular complexity index is 932. The Kier molecular flexibility index (Phi) is 3.75. The minimum absolute atomic E-state index is 0.188. The third-order valence-corrected chi connectivity index (χ3v) is 3.59. The lowest BCUT2D eigenvalue weighted by molar-refractivity contribution is -0.143. The van der Waals surface area contributed by atoms with Crippen LogP contribution >= 0.6 is 0 Å². The van der Waals surface area contributed by atoms with Gasteiger partial charge in [0.2, 0.25) is 5.88 Å². The monoisotopic (exact) mass is 335 g/mol. The molecule has 0 saturated carbocycles. The van der Waals surface area contributed by atoms with Gasteiger partial charge in [0.1, 0.15) is 0 Å². The van der Waals surface area contributed by atoms with Crippen molar-refractivity contribution in [2.75, 3.05) is 7.11 Å². The average molecular weight is 335 g/mol. The van der Waals surface area contributed by atoms with Crippen LogP contribution in [0.5, 0.6) is 5.88 Å². The van der Waals surface area contributed by atoms with Gasteiger partial charge < -0.3 is 4.74 Å². The average Bonchev–Trinajstić information content (AvgIpc) is 2.99. The second-order valence-electron chi connectivity index (χ2n) is 5.07. The minimum atomic E-state index is -4.73. The van der Waals surface area contributed by atoms with Crippen LogP contribution in [0.4, 0.5) is 13.2 Å². The summed E-state index contributed by atoms with van der Waals surface area (Å²) in [5, 5.41) is 4.82. The van der Waals surface area contributed by atoms with Crippen molar-refractivity contribution in [3.05, 3.63) is 47.9 Å². The van der Waals surface area contributed by atoms with Crippen LogP contribution in [-0.4, -0.2) is 27.7 Å². The van der Waals surface area contributed by atoms with Crippen LogP contribution in [0.25, 0.3) is 16.5 Å². The van der Waals surface area contributed by atoms with Crippen LogP contribution in [-0.2, 0) is 6.18 Å². The number of pyridine rings is 1. The number of nitrogens with zero attached hydrogens (tertiary/aromatic N) is 3. The summed E-state index contributed by atoms with van der Waals surface area (Å²) >= 11 is 0. The first-order chi connectivity index (χ1) is 11.3. The summed E-state index contributed by atoms with van der Waals surface area (Å²) < 4.78 is 46.3. The first-order valence-corrected chi connectivity index (χ1v) is 6.93. The van der Waals surface area contributed by atoms with E-state index in [1.807, 2.05) is 0 Å². The summed E-state index contributed by atoms with van der Waals surface area (Å²) in [6.07, 6.45) is -2.35. The molecule has 0 aliphatic rings. The van der Waals surface area contributed by atoms with Gasteiger partial charge in [-0.15, -0.1) is 0 Å². The number of rotatable bonds is 3. The van der Waals surface area contributed by atoms with Gasteiger partial charge in [0.15, 0.2) is 11.5 Å². The van der Waals surface area contributed by atoms with Gasteiger partial charge in [-0.05, 0) is 25.1 Å². The quantitative estimate of drug-likeness (QED) is 0.686. The molecule has 0 spiro atoms. The van der Waals surface area contributed by atoms with E-state index >= 15 is 0 Å². The van der Waals surface area contributed by atoms with Crippen molar-refractivity contribution in [3.63, 3.8) is 0 Å². The van der Waals surface area contributed by atoms with Crippen LogP contribution < -0.4 is 4.74 Å². The lowest BCUT2D eigenvalue weighted by atomic mass is 10.1. The standard InChI is InChI=1S/C16H12F3N3O2/c1-9(23)12-8-21-22(14(12)16(17,18)19)13-5-3-4-11-10(13)6-7-20-15(11)24-2/h3-8H,1-2H3. The molecule has 2 heterocycles. The Morgan fingerprint density at radius 3 is 2.58 bits per heavy atom. The molecule has 124 valence electrons. The van der Waals surface area contributed by atoms with E-state index < -0.39 is 23.2 Å². The highest BCUT2D eigenvalue weighted by Crippen LogP contribution is 2.36. The van der Waals surface area contributed by atoms with Crippen molar-refractivity contribution < 1.29 is 22.7 Å². The Labute approximate surface area is 134 Å². The minimum Gasteiger partial charge on any atom is -0.481 e. The Hall–Kier alpha value is -2.90. The highest BCUT2D eigenvalue weighted by atomic mass is 19.4. The number of aromatic nitrogens is 3. The van der Waals surface area contributed by atoms with Crippen LogP contribution in [0.2, 0.25) is 0 Å². The van der Waals surface area contributed by atoms with E-state index in [1.165, 1.54) is 19.4 Å². The first-order valence-electron chi connectivity index (χ1n) is 6.93. The second-order valence-corrected chi connectivity index (χ2v) is 5.07. The molecule has 24 heavy (non-hydrogen) atoms. The number of methoxy groups -OCH3 is 1. The highest BCUT2D eigenvalue weighted by Gasteiger charge is 2.40. The van der Waals surface area contributed by atoms with Gasteiger partial charge in [-0.3, -0.25) is 4.79 Å². The molecule has 0 N–H and O–H groups in total. The lowest BCUT2D eigenvalue weighted by Gasteiger charge is -2.14. The molecule has 3 rings (SSSR count). The second kappa shape index (κ2) is 5.63. The highest BCUT2D eigenvalue weighted by molar-refractivity contribution is 5.96. The van der Waals surface area contributed by atoms with Gasteiger partial charge in [0.05, 0.1) is 24.6 Å². The third-order valence-electron chi connectivity index (χ3n) is 3.59. The van der Waals surface area contributed by atoms with E-state index in [-0.39, 0.29) is 5.69 Å². The fraction of sp³-hybridized carbons (Fsp3) is 0.188. The zero-order chi connectivity index (χ0) is 17.5. The SMILES string of the molecule is COc1nccc2c(-n3ncc(C(C)=O)c3C(F)(F)F)cccc12. The van der Waals surface area contributed by atoms with Crippen molar-refractivity contribution in [2.45, 2.75) is 13.1 Å². The summed E-state index contributed by atoms with van der Waals surface area (Å²) in [6.45, 7) is 1.08. The molecular weight excluding hydrogens is 323 g/mol. The van der Waals surface area contributed by atoms with Gasteiger partial charge in [-0.2, -0.15) is 18.3 Å². The molecule has 5 nitrogen and oxygen atoms in total. The van der Waals surface area contributed by atoms with E-state index in [0.717, 1.165) is 17.8 Å². The fourth-order valence-electron chi connectivity index (χ4n) is 2.57. The molecule has 0 aliphatic carbocycles. The van der Waals surface area contributed by atoms with Crippen LogP contribution in [0.1, 0.15) is 23.0 Å². The van der Waals surface area contributed by atoms with Crippen molar-refractivity contribution in [2.24, 2.45) is 0 Å². The molecule has 0 atom stereocenters. The number of ketones is 1. The van der Waals surface area contributed by atoms with E-state index in [9.17, 15) is 18.0 Å². The number of carbonyl (C=O) groups excluding carboxylic acids is 1. The third kappa shape index (κ3) is 2.49. The first kappa shape index (κ1) is 16.0. The summed E-state index contributed by atoms with van der Waals surface area (Å²) in [4.78, 5) is 15.6.